The molecule has 1 unspecified atom stereocenters. The van der Waals surface area contributed by atoms with E-state index in [0.29, 0.717) is 26.2 Å². The minimum absolute atomic E-state index is 0.120. The molecule has 0 aromatic heterocycles. The smallest absolute Gasteiger partial charge is 0.410 e. The molecule has 2 rings (SSSR count). The maximum absolute atomic E-state index is 12.1. The van der Waals surface area contributed by atoms with Gasteiger partial charge in [0.2, 0.25) is 0 Å². The molecular weight excluding hydrogens is 362 g/mol. The van der Waals surface area contributed by atoms with Gasteiger partial charge in [0.15, 0.2) is 0 Å². The maximum atomic E-state index is 12.1. The van der Waals surface area contributed by atoms with Gasteiger partial charge in [-0.05, 0) is 26.3 Å². The van der Waals surface area contributed by atoms with E-state index >= 15 is 0 Å². The van der Waals surface area contributed by atoms with Crippen molar-refractivity contribution in [3.8, 4) is 0 Å². The van der Waals surface area contributed by atoms with Crippen molar-refractivity contribution in [2.45, 2.75) is 45.1 Å². The first kappa shape index (κ1) is 22.1. The zero-order chi connectivity index (χ0) is 20.7. The Morgan fingerprint density at radius 1 is 1.14 bits per heavy atom. The highest BCUT2D eigenvalue weighted by Crippen LogP contribution is 2.12. The number of carbonyl (C=O) groups is 2. The third-order valence-electron chi connectivity index (χ3n) is 4.38. The molecule has 1 aromatic rings. The predicted octanol–water partition coefficient (Wildman–Crippen LogP) is 0.971. The van der Waals surface area contributed by atoms with Crippen molar-refractivity contribution < 1.29 is 24.2 Å². The van der Waals surface area contributed by atoms with Crippen LogP contribution in [0.5, 0.6) is 0 Å². The molecule has 28 heavy (non-hydrogen) atoms. The van der Waals surface area contributed by atoms with Crippen molar-refractivity contribution in [3.63, 3.8) is 0 Å². The van der Waals surface area contributed by atoms with Crippen LogP contribution in [0, 0.1) is 0 Å². The van der Waals surface area contributed by atoms with Crippen molar-refractivity contribution in [1.82, 2.24) is 9.80 Å². The van der Waals surface area contributed by atoms with Crippen molar-refractivity contribution >= 4 is 12.1 Å². The lowest BCUT2D eigenvalue weighted by atomic mass is 10.1. The maximum Gasteiger partial charge on any atom is 0.410 e. The molecule has 0 bridgehead atoms. The molecule has 0 saturated carbocycles. The summed E-state index contributed by atoms with van der Waals surface area (Å²) in [4.78, 5) is 27.8. The normalized spacial score (nSPS) is 17.7. The summed E-state index contributed by atoms with van der Waals surface area (Å²) in [5, 5.41) is 10.3. The first-order valence-corrected chi connectivity index (χ1v) is 9.50. The van der Waals surface area contributed by atoms with Gasteiger partial charge < -0.3 is 25.2 Å². The number of aliphatic hydroxyl groups is 1. The number of rotatable bonds is 6. The van der Waals surface area contributed by atoms with Crippen molar-refractivity contribution in [1.29, 1.82) is 0 Å². The highest BCUT2D eigenvalue weighted by molar-refractivity contribution is 5.76. The molecule has 1 amide bonds. The molecule has 1 saturated heterocycles. The lowest BCUT2D eigenvalue weighted by Gasteiger charge is -2.36. The molecule has 8 nitrogen and oxygen atoms in total. The van der Waals surface area contributed by atoms with Gasteiger partial charge in [0.1, 0.15) is 18.2 Å². The molecule has 3 N–H and O–H groups in total. The van der Waals surface area contributed by atoms with Crippen LogP contribution in [0.1, 0.15) is 26.3 Å². The molecule has 1 heterocycles. The number of hydrogen-bond donors (Lipinski definition) is 2. The third kappa shape index (κ3) is 7.10. The zero-order valence-corrected chi connectivity index (χ0v) is 16.8. The Balaban J connectivity index is 1.73. The number of benzene rings is 1. The van der Waals surface area contributed by atoms with E-state index in [1.165, 1.54) is 0 Å². The minimum atomic E-state index is -1.12. The lowest BCUT2D eigenvalue weighted by Crippen LogP contribution is -2.54. The van der Waals surface area contributed by atoms with Crippen LogP contribution in [-0.4, -0.2) is 77.4 Å². The Hall–Kier alpha value is -2.16. The van der Waals surface area contributed by atoms with Gasteiger partial charge in [-0.25, -0.2) is 4.79 Å². The van der Waals surface area contributed by atoms with E-state index in [-0.39, 0.29) is 19.2 Å². The van der Waals surface area contributed by atoms with Gasteiger partial charge in [-0.2, -0.15) is 0 Å². The number of nitrogens with two attached hydrogens (primary N) is 1. The Morgan fingerprint density at radius 3 is 2.32 bits per heavy atom. The van der Waals surface area contributed by atoms with Gasteiger partial charge in [0.05, 0.1) is 6.10 Å². The van der Waals surface area contributed by atoms with Crippen LogP contribution in [0.15, 0.2) is 30.3 Å². The highest BCUT2D eigenvalue weighted by Gasteiger charge is 2.30. The molecule has 1 fully saturated rings. The zero-order valence-electron chi connectivity index (χ0n) is 16.8. The molecular formula is C20H31N3O5. The van der Waals surface area contributed by atoms with Gasteiger partial charge in [-0.3, -0.25) is 9.69 Å². The van der Waals surface area contributed by atoms with Crippen LogP contribution >= 0.6 is 0 Å². The standard InChI is InChI=1S/C20H31N3O5/c1-20(2,3)28-19(26)23-11-9-22(10-12-23)13-16(24)17(21)18(25)27-14-15-7-5-4-6-8-15/h4-8,16-17,24H,9-14,21H2,1-3H3/t16-,17?/m0/s1. The van der Waals surface area contributed by atoms with Crippen LogP contribution < -0.4 is 5.73 Å². The summed E-state index contributed by atoms with van der Waals surface area (Å²) in [7, 11) is 0. The average molecular weight is 393 g/mol. The first-order chi connectivity index (χ1) is 13.2. The number of amides is 1. The van der Waals surface area contributed by atoms with Gasteiger partial charge >= 0.3 is 12.1 Å². The van der Waals surface area contributed by atoms with E-state index in [4.69, 9.17) is 15.2 Å². The average Bonchev–Trinajstić information content (AvgIpc) is 2.65. The van der Waals surface area contributed by atoms with Crippen LogP contribution in [0.25, 0.3) is 0 Å². The second kappa shape index (κ2) is 9.86. The Bertz CT molecular complexity index is 639. The summed E-state index contributed by atoms with van der Waals surface area (Å²) >= 11 is 0. The summed E-state index contributed by atoms with van der Waals surface area (Å²) in [5.74, 6) is -0.635. The number of carbonyl (C=O) groups excluding carboxylic acids is 2. The Labute approximate surface area is 166 Å². The third-order valence-corrected chi connectivity index (χ3v) is 4.38. The molecule has 2 atom stereocenters. The summed E-state index contributed by atoms with van der Waals surface area (Å²) < 4.78 is 10.5. The number of nitrogens with zero attached hydrogens (tertiary/aromatic N) is 2. The number of ether oxygens (including phenoxy) is 2. The molecule has 1 aliphatic rings. The van der Waals surface area contributed by atoms with Crippen LogP contribution in [0.2, 0.25) is 0 Å². The summed E-state index contributed by atoms with van der Waals surface area (Å²) in [6.45, 7) is 7.98. The molecule has 0 radical (unpaired) electrons. The van der Waals surface area contributed by atoms with Crippen LogP contribution in [0.4, 0.5) is 4.79 Å². The second-order valence-corrected chi connectivity index (χ2v) is 7.95. The molecule has 0 aliphatic carbocycles. The molecule has 0 spiro atoms. The fourth-order valence-corrected chi connectivity index (χ4v) is 2.80. The van der Waals surface area contributed by atoms with Gasteiger partial charge in [-0.15, -0.1) is 0 Å². The lowest BCUT2D eigenvalue weighted by molar-refractivity contribution is -0.149. The van der Waals surface area contributed by atoms with E-state index < -0.39 is 23.7 Å². The van der Waals surface area contributed by atoms with Gasteiger partial charge in [-0.1, -0.05) is 30.3 Å². The largest absolute Gasteiger partial charge is 0.460 e. The molecule has 156 valence electrons. The van der Waals surface area contributed by atoms with Crippen LogP contribution in [0.3, 0.4) is 0 Å². The summed E-state index contributed by atoms with van der Waals surface area (Å²) in [5.41, 5.74) is 6.18. The topological polar surface area (TPSA) is 105 Å². The van der Waals surface area contributed by atoms with Crippen molar-refractivity contribution in [2.75, 3.05) is 32.7 Å². The number of hydrogen-bond acceptors (Lipinski definition) is 7. The van der Waals surface area contributed by atoms with Crippen molar-refractivity contribution in [3.05, 3.63) is 35.9 Å². The highest BCUT2D eigenvalue weighted by atomic mass is 16.6. The van der Waals surface area contributed by atoms with Crippen molar-refractivity contribution in [2.24, 2.45) is 5.73 Å². The van der Waals surface area contributed by atoms with Crippen LogP contribution in [-0.2, 0) is 20.9 Å². The fraction of sp³-hybridized carbons (Fsp3) is 0.600. The summed E-state index contributed by atoms with van der Waals surface area (Å²) in [6, 6.07) is 8.17. The minimum Gasteiger partial charge on any atom is -0.460 e. The van der Waals surface area contributed by atoms with Gasteiger partial charge in [0.25, 0.3) is 0 Å². The molecule has 1 aromatic carbocycles. The fourth-order valence-electron chi connectivity index (χ4n) is 2.80. The number of β-amino-alcohol motifs (C(OH)–C–C–N with tert-alkyl or cyclic N) is 1. The van der Waals surface area contributed by atoms with Gasteiger partial charge in [0, 0.05) is 32.7 Å². The quantitative estimate of drug-likeness (QED) is 0.694. The SMILES string of the molecule is CC(C)(C)OC(=O)N1CCN(C[C@H](O)C(N)C(=O)OCc2ccccc2)CC1. The van der Waals surface area contributed by atoms with E-state index in [9.17, 15) is 14.7 Å². The Kier molecular flexibility index (Phi) is 7.79. The Morgan fingerprint density at radius 2 is 1.75 bits per heavy atom. The monoisotopic (exact) mass is 393 g/mol. The second-order valence-electron chi connectivity index (χ2n) is 7.95. The van der Waals surface area contributed by atoms with E-state index in [2.05, 4.69) is 0 Å². The summed E-state index contributed by atoms with van der Waals surface area (Å²) in [6.07, 6.45) is -1.38. The number of piperazine rings is 1. The molecule has 8 heteroatoms. The number of aliphatic hydroxyl groups excluding tert-OH is 1. The number of esters is 1. The van der Waals surface area contributed by atoms with E-state index in [1.807, 2.05) is 56.0 Å². The van der Waals surface area contributed by atoms with E-state index in [1.54, 1.807) is 4.90 Å². The predicted molar refractivity (Wildman–Crippen MR) is 104 cm³/mol. The first-order valence-electron chi connectivity index (χ1n) is 9.50. The molecule has 1 aliphatic heterocycles. The van der Waals surface area contributed by atoms with E-state index in [0.717, 1.165) is 5.56 Å².